The standard InChI is InChI=1S/C19H14N2O5/c22-16(9-17(23)19(25)26)14-11-21(10-12-5-7-20-8-6-12)15-4-2-1-3-13(15)18(14)24/h1-8,11H,9-10H2,(H,25,26). The SMILES string of the molecule is O=C(O)C(=O)CC(=O)c1cn(Cc2ccncc2)c2ccccc2c1=O. The number of hydrogen-bond donors (Lipinski definition) is 1. The van der Waals surface area contributed by atoms with Crippen LogP contribution in [0.1, 0.15) is 22.3 Å². The minimum Gasteiger partial charge on any atom is -0.475 e. The molecule has 0 bridgehead atoms. The Bertz CT molecular complexity index is 1070. The Hall–Kier alpha value is -3.61. The summed E-state index contributed by atoms with van der Waals surface area (Å²) in [4.78, 5) is 50.9. The predicted molar refractivity (Wildman–Crippen MR) is 93.1 cm³/mol. The zero-order chi connectivity index (χ0) is 18.7. The highest BCUT2D eigenvalue weighted by Crippen LogP contribution is 2.15. The van der Waals surface area contributed by atoms with Gasteiger partial charge in [0.2, 0.25) is 5.78 Å². The number of carboxylic acids is 1. The van der Waals surface area contributed by atoms with E-state index in [1.165, 1.54) is 6.20 Å². The van der Waals surface area contributed by atoms with Crippen LogP contribution in [0.25, 0.3) is 10.9 Å². The summed E-state index contributed by atoms with van der Waals surface area (Å²) in [5, 5.41) is 9.01. The first-order chi connectivity index (χ1) is 12.5. The van der Waals surface area contributed by atoms with Crippen LogP contribution in [0.2, 0.25) is 0 Å². The average Bonchev–Trinajstić information content (AvgIpc) is 2.64. The van der Waals surface area contributed by atoms with E-state index >= 15 is 0 Å². The van der Waals surface area contributed by atoms with E-state index in [-0.39, 0.29) is 5.56 Å². The van der Waals surface area contributed by atoms with E-state index in [4.69, 9.17) is 5.11 Å². The summed E-state index contributed by atoms with van der Waals surface area (Å²) >= 11 is 0. The lowest BCUT2D eigenvalue weighted by Crippen LogP contribution is -2.23. The molecule has 0 spiro atoms. The fourth-order valence-corrected chi connectivity index (χ4v) is 2.68. The van der Waals surface area contributed by atoms with Gasteiger partial charge < -0.3 is 9.67 Å². The topological polar surface area (TPSA) is 106 Å². The van der Waals surface area contributed by atoms with Crippen molar-refractivity contribution in [1.29, 1.82) is 0 Å². The number of Topliss-reactive ketones (excluding diaryl/α,β-unsaturated/α-hetero) is 2. The van der Waals surface area contributed by atoms with Crippen LogP contribution in [0, 0.1) is 0 Å². The molecule has 7 heteroatoms. The normalized spacial score (nSPS) is 10.6. The highest BCUT2D eigenvalue weighted by atomic mass is 16.4. The second-order valence-electron chi connectivity index (χ2n) is 5.70. The van der Waals surface area contributed by atoms with Crippen molar-refractivity contribution in [2.45, 2.75) is 13.0 Å². The smallest absolute Gasteiger partial charge is 0.372 e. The van der Waals surface area contributed by atoms with Crippen molar-refractivity contribution in [3.05, 3.63) is 76.3 Å². The summed E-state index contributed by atoms with van der Waals surface area (Å²) in [6.07, 6.45) is 3.80. The van der Waals surface area contributed by atoms with Gasteiger partial charge in [0, 0.05) is 30.5 Å². The molecule has 3 rings (SSSR count). The fraction of sp³-hybridized carbons (Fsp3) is 0.105. The molecule has 2 aromatic heterocycles. The van der Waals surface area contributed by atoms with Crippen molar-refractivity contribution in [3.8, 4) is 0 Å². The molecule has 0 amide bonds. The molecule has 26 heavy (non-hydrogen) atoms. The van der Waals surface area contributed by atoms with Crippen molar-refractivity contribution < 1.29 is 19.5 Å². The molecule has 0 saturated carbocycles. The van der Waals surface area contributed by atoms with Gasteiger partial charge in [-0.25, -0.2) is 4.79 Å². The second kappa shape index (κ2) is 7.10. The van der Waals surface area contributed by atoms with E-state index in [1.54, 1.807) is 41.2 Å². The first-order valence-electron chi connectivity index (χ1n) is 7.78. The summed E-state index contributed by atoms with van der Waals surface area (Å²) in [6.45, 7) is 0.385. The Balaban J connectivity index is 2.11. The third-order valence-corrected chi connectivity index (χ3v) is 3.95. The molecule has 0 radical (unpaired) electrons. The lowest BCUT2D eigenvalue weighted by atomic mass is 10.0. The Labute approximate surface area is 147 Å². The van der Waals surface area contributed by atoms with Crippen molar-refractivity contribution in [2.24, 2.45) is 0 Å². The zero-order valence-corrected chi connectivity index (χ0v) is 13.6. The van der Waals surface area contributed by atoms with E-state index in [2.05, 4.69) is 4.98 Å². The maximum absolute atomic E-state index is 12.6. The molecule has 0 atom stereocenters. The van der Waals surface area contributed by atoms with Gasteiger partial charge in [-0.05, 0) is 29.8 Å². The molecule has 0 aliphatic heterocycles. The van der Waals surface area contributed by atoms with Gasteiger partial charge in [0.1, 0.15) is 0 Å². The van der Waals surface area contributed by atoms with Crippen LogP contribution < -0.4 is 5.43 Å². The molecular weight excluding hydrogens is 336 g/mol. The van der Waals surface area contributed by atoms with E-state index in [9.17, 15) is 19.2 Å². The van der Waals surface area contributed by atoms with E-state index in [1.807, 2.05) is 12.1 Å². The molecule has 0 unspecified atom stereocenters. The molecule has 0 aliphatic rings. The molecule has 0 fully saturated rings. The number of para-hydroxylation sites is 1. The van der Waals surface area contributed by atoms with Crippen LogP contribution in [-0.2, 0) is 16.1 Å². The predicted octanol–water partition coefficient (Wildman–Crippen LogP) is 1.67. The van der Waals surface area contributed by atoms with Crippen LogP contribution in [-0.4, -0.2) is 32.2 Å². The quantitative estimate of drug-likeness (QED) is 0.412. The summed E-state index contributed by atoms with van der Waals surface area (Å²) in [5.41, 5.74) is 0.825. The summed E-state index contributed by atoms with van der Waals surface area (Å²) in [5.74, 6) is -3.75. The maximum atomic E-state index is 12.6. The van der Waals surface area contributed by atoms with Crippen LogP contribution in [0.15, 0.2) is 59.8 Å². The number of carbonyl (C=O) groups is 3. The first kappa shape index (κ1) is 17.2. The molecule has 0 saturated heterocycles. The Morgan fingerprint density at radius 1 is 1.04 bits per heavy atom. The maximum Gasteiger partial charge on any atom is 0.372 e. The number of carboxylic acid groups (broad SMARTS) is 1. The lowest BCUT2D eigenvalue weighted by molar-refractivity contribution is -0.148. The van der Waals surface area contributed by atoms with Gasteiger partial charge in [-0.15, -0.1) is 0 Å². The van der Waals surface area contributed by atoms with Gasteiger partial charge in [-0.3, -0.25) is 19.4 Å². The fourth-order valence-electron chi connectivity index (χ4n) is 2.68. The lowest BCUT2D eigenvalue weighted by Gasteiger charge is -2.13. The highest BCUT2D eigenvalue weighted by Gasteiger charge is 2.21. The largest absolute Gasteiger partial charge is 0.475 e. The van der Waals surface area contributed by atoms with Crippen molar-refractivity contribution >= 4 is 28.4 Å². The van der Waals surface area contributed by atoms with Gasteiger partial charge in [0.25, 0.3) is 0 Å². The number of rotatable bonds is 6. The summed E-state index contributed by atoms with van der Waals surface area (Å²) in [6, 6.07) is 10.4. The van der Waals surface area contributed by atoms with Gasteiger partial charge in [0.05, 0.1) is 17.5 Å². The minimum absolute atomic E-state index is 0.202. The Morgan fingerprint density at radius 3 is 2.42 bits per heavy atom. The third-order valence-electron chi connectivity index (χ3n) is 3.95. The molecule has 1 aromatic carbocycles. The van der Waals surface area contributed by atoms with Crippen molar-refractivity contribution in [1.82, 2.24) is 9.55 Å². The number of fused-ring (bicyclic) bond motifs is 1. The van der Waals surface area contributed by atoms with Crippen LogP contribution >= 0.6 is 0 Å². The number of aromatic nitrogens is 2. The van der Waals surface area contributed by atoms with E-state index in [0.29, 0.717) is 17.4 Å². The molecule has 1 N–H and O–H groups in total. The zero-order valence-electron chi connectivity index (χ0n) is 13.6. The monoisotopic (exact) mass is 350 g/mol. The minimum atomic E-state index is -1.70. The van der Waals surface area contributed by atoms with Gasteiger partial charge in [-0.1, -0.05) is 12.1 Å². The molecule has 130 valence electrons. The van der Waals surface area contributed by atoms with Gasteiger partial charge >= 0.3 is 5.97 Å². The second-order valence-corrected chi connectivity index (χ2v) is 5.70. The molecule has 3 aromatic rings. The van der Waals surface area contributed by atoms with E-state index < -0.39 is 29.4 Å². The molecular formula is C19H14N2O5. The average molecular weight is 350 g/mol. The number of aliphatic carboxylic acids is 1. The molecule has 2 heterocycles. The van der Waals surface area contributed by atoms with Crippen molar-refractivity contribution in [3.63, 3.8) is 0 Å². The Morgan fingerprint density at radius 2 is 1.73 bits per heavy atom. The summed E-state index contributed by atoms with van der Waals surface area (Å²) in [7, 11) is 0. The van der Waals surface area contributed by atoms with Crippen LogP contribution in [0.3, 0.4) is 0 Å². The van der Waals surface area contributed by atoms with Crippen molar-refractivity contribution in [2.75, 3.05) is 0 Å². The van der Waals surface area contributed by atoms with Gasteiger partial charge in [0.15, 0.2) is 11.2 Å². The first-order valence-corrected chi connectivity index (χ1v) is 7.78. The number of pyridine rings is 2. The van der Waals surface area contributed by atoms with E-state index in [0.717, 1.165) is 5.56 Å². The number of carbonyl (C=O) groups excluding carboxylic acids is 2. The summed E-state index contributed by atoms with van der Waals surface area (Å²) < 4.78 is 1.73. The van der Waals surface area contributed by atoms with Crippen LogP contribution in [0.4, 0.5) is 0 Å². The van der Waals surface area contributed by atoms with Crippen LogP contribution in [0.5, 0.6) is 0 Å². The number of benzene rings is 1. The highest BCUT2D eigenvalue weighted by molar-refractivity contribution is 6.37. The number of ketones is 2. The Kier molecular flexibility index (Phi) is 4.70. The molecule has 0 aliphatic carbocycles. The number of hydrogen-bond acceptors (Lipinski definition) is 5. The molecule has 7 nitrogen and oxygen atoms in total. The van der Waals surface area contributed by atoms with Gasteiger partial charge in [-0.2, -0.15) is 0 Å². The third kappa shape index (κ3) is 3.41. The number of nitrogens with zero attached hydrogens (tertiary/aromatic N) is 2.